The molecule has 0 aliphatic heterocycles. The van der Waals surface area contributed by atoms with Gasteiger partial charge in [-0.25, -0.2) is 0 Å². The van der Waals surface area contributed by atoms with Gasteiger partial charge in [-0.1, -0.05) is 0 Å². The number of nitrogens with one attached hydrogen (secondary N) is 2. The van der Waals surface area contributed by atoms with Gasteiger partial charge in [-0.3, -0.25) is 14.4 Å². The number of ether oxygens (including phenoxy) is 1. The summed E-state index contributed by atoms with van der Waals surface area (Å²) in [7, 11) is 1.56. The van der Waals surface area contributed by atoms with Crippen molar-refractivity contribution in [2.45, 2.75) is 19.3 Å². The summed E-state index contributed by atoms with van der Waals surface area (Å²) in [5.74, 6) is -1.19. The molecule has 130 valence electrons. The number of hydrogen-bond acceptors (Lipinski definition) is 4. The quantitative estimate of drug-likeness (QED) is 0.646. The molecule has 0 spiro atoms. The summed E-state index contributed by atoms with van der Waals surface area (Å²) in [5.41, 5.74) is 0.516. The SMILES string of the molecule is COc1ccc(C(=O)NCCNC(=O)[C@@H]2CC[C@H](C(=O)O)C2)cc1. The first-order valence-electron chi connectivity index (χ1n) is 7.94. The molecule has 1 fully saturated rings. The van der Waals surface area contributed by atoms with Crippen LogP contribution in [0.15, 0.2) is 24.3 Å². The second-order valence-electron chi connectivity index (χ2n) is 5.82. The average molecular weight is 334 g/mol. The van der Waals surface area contributed by atoms with Crippen LogP contribution in [0, 0.1) is 11.8 Å². The van der Waals surface area contributed by atoms with E-state index < -0.39 is 11.9 Å². The monoisotopic (exact) mass is 334 g/mol. The van der Waals surface area contributed by atoms with E-state index in [9.17, 15) is 14.4 Å². The van der Waals surface area contributed by atoms with Gasteiger partial charge in [0.15, 0.2) is 0 Å². The van der Waals surface area contributed by atoms with Crippen LogP contribution in [0.3, 0.4) is 0 Å². The Morgan fingerprint density at radius 1 is 1.08 bits per heavy atom. The van der Waals surface area contributed by atoms with Crippen LogP contribution in [0.4, 0.5) is 0 Å². The minimum Gasteiger partial charge on any atom is -0.497 e. The maximum Gasteiger partial charge on any atom is 0.306 e. The first-order valence-corrected chi connectivity index (χ1v) is 7.94. The van der Waals surface area contributed by atoms with Gasteiger partial charge in [-0.05, 0) is 43.5 Å². The fourth-order valence-corrected chi connectivity index (χ4v) is 2.79. The molecule has 1 aliphatic carbocycles. The number of benzene rings is 1. The molecule has 2 atom stereocenters. The third-order valence-electron chi connectivity index (χ3n) is 4.21. The highest BCUT2D eigenvalue weighted by Gasteiger charge is 2.33. The Bertz CT molecular complexity index is 600. The van der Waals surface area contributed by atoms with Crippen molar-refractivity contribution in [2.75, 3.05) is 20.2 Å². The Morgan fingerprint density at radius 2 is 1.71 bits per heavy atom. The van der Waals surface area contributed by atoms with Gasteiger partial charge in [-0.15, -0.1) is 0 Å². The molecular weight excluding hydrogens is 312 g/mol. The molecule has 7 heteroatoms. The van der Waals surface area contributed by atoms with Crippen molar-refractivity contribution in [1.82, 2.24) is 10.6 Å². The molecule has 1 aromatic rings. The van der Waals surface area contributed by atoms with Crippen LogP contribution < -0.4 is 15.4 Å². The Balaban J connectivity index is 1.68. The Morgan fingerprint density at radius 3 is 2.29 bits per heavy atom. The van der Waals surface area contributed by atoms with Crippen LogP contribution in [-0.2, 0) is 9.59 Å². The first-order chi connectivity index (χ1) is 11.5. The standard InChI is InChI=1S/C17H22N2O5/c1-24-14-6-4-11(5-7-14)15(20)18-8-9-19-16(21)12-2-3-13(10-12)17(22)23/h4-7,12-13H,2-3,8-10H2,1H3,(H,18,20)(H,19,21)(H,22,23)/t12-,13+/m1/s1. The lowest BCUT2D eigenvalue weighted by Crippen LogP contribution is -2.37. The Labute approximate surface area is 140 Å². The summed E-state index contributed by atoms with van der Waals surface area (Å²) in [5, 5.41) is 14.4. The number of carboxylic acids is 1. The van der Waals surface area contributed by atoms with Gasteiger partial charge in [0.1, 0.15) is 5.75 Å². The molecule has 3 N–H and O–H groups in total. The van der Waals surface area contributed by atoms with Gasteiger partial charge in [0.05, 0.1) is 13.0 Å². The van der Waals surface area contributed by atoms with E-state index in [0.717, 1.165) is 0 Å². The van der Waals surface area contributed by atoms with Crippen molar-refractivity contribution in [3.63, 3.8) is 0 Å². The summed E-state index contributed by atoms with van der Waals surface area (Å²) in [6, 6.07) is 6.74. The van der Waals surface area contributed by atoms with E-state index in [1.807, 2.05) is 0 Å². The Hall–Kier alpha value is -2.57. The highest BCUT2D eigenvalue weighted by atomic mass is 16.5. The highest BCUT2D eigenvalue weighted by Crippen LogP contribution is 2.30. The van der Waals surface area contributed by atoms with E-state index >= 15 is 0 Å². The average Bonchev–Trinajstić information content (AvgIpc) is 3.09. The molecule has 7 nitrogen and oxygen atoms in total. The number of rotatable bonds is 7. The largest absolute Gasteiger partial charge is 0.497 e. The van der Waals surface area contributed by atoms with Crippen LogP contribution in [0.5, 0.6) is 5.75 Å². The number of carbonyl (C=O) groups excluding carboxylic acids is 2. The number of methoxy groups -OCH3 is 1. The van der Waals surface area contributed by atoms with Crippen LogP contribution >= 0.6 is 0 Å². The van der Waals surface area contributed by atoms with Crippen molar-refractivity contribution in [3.05, 3.63) is 29.8 Å². The molecule has 2 amide bonds. The molecule has 0 heterocycles. The molecule has 1 aliphatic rings. The molecular formula is C17H22N2O5. The van der Waals surface area contributed by atoms with Crippen molar-refractivity contribution < 1.29 is 24.2 Å². The van der Waals surface area contributed by atoms with Crippen LogP contribution in [-0.4, -0.2) is 43.1 Å². The van der Waals surface area contributed by atoms with Crippen LogP contribution in [0.2, 0.25) is 0 Å². The van der Waals surface area contributed by atoms with Gasteiger partial charge < -0.3 is 20.5 Å². The summed E-state index contributed by atoms with van der Waals surface area (Å²) in [4.78, 5) is 34.8. The highest BCUT2D eigenvalue weighted by molar-refractivity contribution is 5.94. The summed E-state index contributed by atoms with van der Waals surface area (Å²) >= 11 is 0. The van der Waals surface area contributed by atoms with Gasteiger partial charge in [0.25, 0.3) is 5.91 Å². The van der Waals surface area contributed by atoms with E-state index in [1.165, 1.54) is 0 Å². The lowest BCUT2D eigenvalue weighted by atomic mass is 10.0. The smallest absolute Gasteiger partial charge is 0.306 e. The number of aliphatic carboxylic acids is 1. The van der Waals surface area contributed by atoms with E-state index in [4.69, 9.17) is 9.84 Å². The number of hydrogen-bond donors (Lipinski definition) is 3. The number of carbonyl (C=O) groups is 3. The molecule has 2 rings (SSSR count). The van der Waals surface area contributed by atoms with E-state index in [2.05, 4.69) is 10.6 Å². The minimum atomic E-state index is -0.836. The normalized spacial score (nSPS) is 19.5. The fourth-order valence-electron chi connectivity index (χ4n) is 2.79. The Kier molecular flexibility index (Phi) is 6.17. The zero-order valence-electron chi connectivity index (χ0n) is 13.6. The topological polar surface area (TPSA) is 105 Å². The third-order valence-corrected chi connectivity index (χ3v) is 4.21. The molecule has 0 bridgehead atoms. The lowest BCUT2D eigenvalue weighted by Gasteiger charge is -2.11. The predicted octanol–water partition coefficient (Wildman–Crippen LogP) is 1.04. The summed E-state index contributed by atoms with van der Waals surface area (Å²) in [6.45, 7) is 0.626. The van der Waals surface area contributed by atoms with Gasteiger partial charge in [0.2, 0.25) is 5.91 Å². The van der Waals surface area contributed by atoms with Crippen LogP contribution in [0.1, 0.15) is 29.6 Å². The minimum absolute atomic E-state index is 0.141. The van der Waals surface area contributed by atoms with Crippen LogP contribution in [0.25, 0.3) is 0 Å². The van der Waals surface area contributed by atoms with E-state index in [1.54, 1.807) is 31.4 Å². The maximum absolute atomic E-state index is 12.0. The zero-order valence-corrected chi connectivity index (χ0v) is 13.6. The summed E-state index contributed by atoms with van der Waals surface area (Å²) < 4.78 is 5.03. The molecule has 24 heavy (non-hydrogen) atoms. The molecule has 1 aromatic carbocycles. The zero-order chi connectivity index (χ0) is 17.5. The second-order valence-corrected chi connectivity index (χ2v) is 5.82. The molecule has 0 unspecified atom stereocenters. The third kappa shape index (κ3) is 4.71. The van der Waals surface area contributed by atoms with E-state index in [0.29, 0.717) is 43.7 Å². The lowest BCUT2D eigenvalue weighted by molar-refractivity contribution is -0.141. The van der Waals surface area contributed by atoms with E-state index in [-0.39, 0.29) is 17.7 Å². The maximum atomic E-state index is 12.0. The molecule has 0 radical (unpaired) electrons. The molecule has 1 saturated carbocycles. The second kappa shape index (κ2) is 8.33. The number of carboxylic acid groups (broad SMARTS) is 1. The summed E-state index contributed by atoms with van der Waals surface area (Å²) in [6.07, 6.45) is 1.53. The fraction of sp³-hybridized carbons (Fsp3) is 0.471. The van der Waals surface area contributed by atoms with Gasteiger partial charge in [-0.2, -0.15) is 0 Å². The molecule has 0 saturated heterocycles. The van der Waals surface area contributed by atoms with Crippen molar-refractivity contribution in [3.8, 4) is 5.75 Å². The van der Waals surface area contributed by atoms with Crippen molar-refractivity contribution in [1.29, 1.82) is 0 Å². The van der Waals surface area contributed by atoms with Crippen molar-refractivity contribution in [2.24, 2.45) is 11.8 Å². The number of amides is 2. The molecule has 0 aromatic heterocycles. The van der Waals surface area contributed by atoms with Gasteiger partial charge >= 0.3 is 5.97 Å². The first kappa shape index (κ1) is 17.8. The van der Waals surface area contributed by atoms with Gasteiger partial charge in [0, 0.05) is 24.6 Å². The van der Waals surface area contributed by atoms with Crippen molar-refractivity contribution >= 4 is 17.8 Å². The predicted molar refractivity (Wildman–Crippen MR) is 86.8 cm³/mol.